The van der Waals surface area contributed by atoms with Crippen molar-refractivity contribution in [2.24, 2.45) is 0 Å². The fourth-order valence-electron chi connectivity index (χ4n) is 3.09. The summed E-state index contributed by atoms with van der Waals surface area (Å²) in [5.41, 5.74) is 0.916. The summed E-state index contributed by atoms with van der Waals surface area (Å²) in [7, 11) is 0. The van der Waals surface area contributed by atoms with Crippen molar-refractivity contribution in [3.05, 3.63) is 11.8 Å². The van der Waals surface area contributed by atoms with Crippen LogP contribution in [0.2, 0.25) is 0 Å². The lowest BCUT2D eigenvalue weighted by molar-refractivity contribution is -0.121. The highest BCUT2D eigenvalue weighted by atomic mass is 16.6. The van der Waals surface area contributed by atoms with Crippen LogP contribution >= 0.6 is 0 Å². The Hall–Kier alpha value is -2.58. The van der Waals surface area contributed by atoms with Crippen LogP contribution in [0.25, 0.3) is 0 Å². The molecule has 3 heterocycles. The smallest absolute Gasteiger partial charge is 0.410 e. The number of rotatable bonds is 7. The number of carbonyl (C=O) groups excluding carboxylic acids is 2. The third-order valence-electron chi connectivity index (χ3n) is 4.43. The van der Waals surface area contributed by atoms with E-state index in [0.717, 1.165) is 24.6 Å². The van der Waals surface area contributed by atoms with Crippen molar-refractivity contribution >= 4 is 23.8 Å². The molecule has 0 atom stereocenters. The Morgan fingerprint density at radius 1 is 1.19 bits per heavy atom. The Morgan fingerprint density at radius 2 is 2.00 bits per heavy atom. The van der Waals surface area contributed by atoms with E-state index in [1.807, 2.05) is 13.0 Å². The van der Waals surface area contributed by atoms with E-state index in [2.05, 4.69) is 25.5 Å². The molecule has 0 spiro atoms. The highest BCUT2D eigenvalue weighted by Gasteiger charge is 2.23. The molecule has 9 nitrogen and oxygen atoms in total. The number of nitrogens with one attached hydrogen (secondary N) is 2. The topological polar surface area (TPSA) is 99.7 Å². The molecule has 2 aliphatic rings. The molecule has 0 aromatic carbocycles. The third kappa shape index (κ3) is 4.96. The first kappa shape index (κ1) is 18.2. The van der Waals surface area contributed by atoms with Crippen LogP contribution in [0.15, 0.2) is 6.07 Å². The first-order valence-corrected chi connectivity index (χ1v) is 9.15. The van der Waals surface area contributed by atoms with Crippen LogP contribution < -0.4 is 15.5 Å². The number of ether oxygens (including phenoxy) is 1. The Morgan fingerprint density at radius 3 is 2.73 bits per heavy atom. The van der Waals surface area contributed by atoms with Crippen LogP contribution in [-0.4, -0.2) is 72.7 Å². The largest absolute Gasteiger partial charge is 0.448 e. The molecule has 1 aromatic heterocycles. The summed E-state index contributed by atoms with van der Waals surface area (Å²) in [5.74, 6) is 1.32. The van der Waals surface area contributed by atoms with Crippen molar-refractivity contribution in [3.8, 4) is 0 Å². The molecule has 2 N–H and O–H groups in total. The molecule has 2 aliphatic heterocycles. The van der Waals surface area contributed by atoms with Crippen LogP contribution in [0.3, 0.4) is 0 Å². The molecule has 1 aromatic rings. The van der Waals surface area contributed by atoms with Gasteiger partial charge >= 0.3 is 6.09 Å². The number of piperidine rings is 1. The maximum atomic E-state index is 11.8. The molecule has 2 saturated heterocycles. The second kappa shape index (κ2) is 8.68. The molecular formula is C17H26N6O3. The van der Waals surface area contributed by atoms with Gasteiger partial charge < -0.3 is 20.3 Å². The average Bonchev–Trinajstić information content (AvgIpc) is 3.04. The Kier molecular flexibility index (Phi) is 6.08. The lowest BCUT2D eigenvalue weighted by Gasteiger charge is -2.28. The number of aromatic nitrogens is 2. The zero-order chi connectivity index (χ0) is 18.4. The van der Waals surface area contributed by atoms with Crippen LogP contribution in [0.4, 0.5) is 16.6 Å². The molecular weight excluding hydrogens is 336 g/mol. The van der Waals surface area contributed by atoms with E-state index in [1.165, 1.54) is 24.2 Å². The predicted octanol–water partition coefficient (Wildman–Crippen LogP) is 0.756. The van der Waals surface area contributed by atoms with Crippen LogP contribution in [-0.2, 0) is 9.53 Å². The van der Waals surface area contributed by atoms with Crippen LogP contribution in [0, 0.1) is 6.92 Å². The summed E-state index contributed by atoms with van der Waals surface area (Å²) in [6.45, 7) is 5.79. The molecule has 9 heteroatoms. The van der Waals surface area contributed by atoms with E-state index in [0.29, 0.717) is 32.2 Å². The minimum atomic E-state index is -0.434. The van der Waals surface area contributed by atoms with Crippen LogP contribution in [0.1, 0.15) is 25.0 Å². The predicted molar refractivity (Wildman–Crippen MR) is 97.3 cm³/mol. The Bertz CT molecular complexity index is 647. The number of cyclic esters (lactones) is 1. The molecule has 0 bridgehead atoms. The van der Waals surface area contributed by atoms with E-state index >= 15 is 0 Å². The summed E-state index contributed by atoms with van der Waals surface area (Å²) in [4.78, 5) is 35.8. The fraction of sp³-hybridized carbons (Fsp3) is 0.647. The lowest BCUT2D eigenvalue weighted by Crippen LogP contribution is -2.39. The number of carbonyl (C=O) groups is 2. The molecule has 142 valence electrons. The number of amides is 2. The first-order chi connectivity index (χ1) is 12.6. The summed E-state index contributed by atoms with van der Waals surface area (Å²) in [6.07, 6.45) is 3.24. The summed E-state index contributed by atoms with van der Waals surface area (Å²) < 4.78 is 4.80. The van der Waals surface area contributed by atoms with Gasteiger partial charge in [0.05, 0.1) is 6.54 Å². The minimum absolute atomic E-state index is 0.0267. The summed E-state index contributed by atoms with van der Waals surface area (Å²) >= 11 is 0. The van der Waals surface area contributed by atoms with Gasteiger partial charge in [0.25, 0.3) is 0 Å². The quantitative estimate of drug-likeness (QED) is 0.691. The van der Waals surface area contributed by atoms with Gasteiger partial charge in [0, 0.05) is 37.9 Å². The SMILES string of the molecule is Cc1cc(N2CCCCC2)nc(NCCNC(=O)CN2CCOC2=O)n1. The number of aryl methyl sites for hydroxylation is 1. The van der Waals surface area contributed by atoms with Gasteiger partial charge in [-0.3, -0.25) is 9.69 Å². The van der Waals surface area contributed by atoms with Gasteiger partial charge in [-0.1, -0.05) is 0 Å². The molecule has 0 aliphatic carbocycles. The van der Waals surface area contributed by atoms with Crippen molar-refractivity contribution < 1.29 is 14.3 Å². The third-order valence-corrected chi connectivity index (χ3v) is 4.43. The van der Waals surface area contributed by atoms with E-state index < -0.39 is 6.09 Å². The second-order valence-electron chi connectivity index (χ2n) is 6.55. The van der Waals surface area contributed by atoms with Crippen molar-refractivity contribution in [2.45, 2.75) is 26.2 Å². The lowest BCUT2D eigenvalue weighted by atomic mass is 10.1. The van der Waals surface area contributed by atoms with Gasteiger partial charge in [-0.2, -0.15) is 4.98 Å². The Balaban J connectivity index is 1.43. The fourth-order valence-corrected chi connectivity index (χ4v) is 3.09. The van der Waals surface area contributed by atoms with Gasteiger partial charge in [-0.05, 0) is 26.2 Å². The number of hydrogen-bond acceptors (Lipinski definition) is 7. The standard InChI is InChI=1S/C17H26N6O3/c1-13-11-14(22-7-3-2-4-8-22)21-16(20-13)19-6-5-18-15(24)12-23-9-10-26-17(23)25/h11H,2-10,12H2,1H3,(H,18,24)(H,19,20,21). The molecule has 0 radical (unpaired) electrons. The summed E-state index contributed by atoms with van der Waals surface area (Å²) in [5, 5.41) is 5.93. The van der Waals surface area contributed by atoms with Crippen molar-refractivity contribution in [2.75, 3.05) is 56.1 Å². The maximum Gasteiger partial charge on any atom is 0.410 e. The van der Waals surface area contributed by atoms with Gasteiger partial charge in [-0.15, -0.1) is 0 Å². The second-order valence-corrected chi connectivity index (χ2v) is 6.55. The van der Waals surface area contributed by atoms with E-state index in [-0.39, 0.29) is 12.5 Å². The van der Waals surface area contributed by atoms with Crippen molar-refractivity contribution in [1.82, 2.24) is 20.2 Å². The number of hydrogen-bond donors (Lipinski definition) is 2. The maximum absolute atomic E-state index is 11.8. The molecule has 26 heavy (non-hydrogen) atoms. The van der Waals surface area contributed by atoms with Gasteiger partial charge in [-0.25, -0.2) is 9.78 Å². The highest BCUT2D eigenvalue weighted by molar-refractivity contribution is 5.82. The zero-order valence-electron chi connectivity index (χ0n) is 15.2. The Labute approximate surface area is 153 Å². The summed E-state index contributed by atoms with van der Waals surface area (Å²) in [6, 6.07) is 2.01. The number of anilines is 2. The minimum Gasteiger partial charge on any atom is -0.448 e. The monoisotopic (exact) mass is 362 g/mol. The molecule has 2 amide bonds. The van der Waals surface area contributed by atoms with Gasteiger partial charge in [0.1, 0.15) is 19.0 Å². The van der Waals surface area contributed by atoms with E-state index in [1.54, 1.807) is 0 Å². The molecule has 0 saturated carbocycles. The zero-order valence-corrected chi connectivity index (χ0v) is 15.2. The highest BCUT2D eigenvalue weighted by Crippen LogP contribution is 2.19. The first-order valence-electron chi connectivity index (χ1n) is 9.15. The van der Waals surface area contributed by atoms with Gasteiger partial charge in [0.2, 0.25) is 11.9 Å². The van der Waals surface area contributed by atoms with E-state index in [9.17, 15) is 9.59 Å². The van der Waals surface area contributed by atoms with Crippen molar-refractivity contribution in [1.29, 1.82) is 0 Å². The normalized spacial score (nSPS) is 17.2. The molecule has 2 fully saturated rings. The molecule has 0 unspecified atom stereocenters. The van der Waals surface area contributed by atoms with E-state index in [4.69, 9.17) is 4.74 Å². The van der Waals surface area contributed by atoms with Crippen molar-refractivity contribution in [3.63, 3.8) is 0 Å². The molecule has 3 rings (SSSR count). The van der Waals surface area contributed by atoms with Gasteiger partial charge in [0.15, 0.2) is 0 Å². The number of nitrogens with zero attached hydrogens (tertiary/aromatic N) is 4. The average molecular weight is 362 g/mol. The van der Waals surface area contributed by atoms with Crippen LogP contribution in [0.5, 0.6) is 0 Å².